The average molecular weight is 260 g/mol. The Morgan fingerprint density at radius 1 is 1.26 bits per heavy atom. The molecule has 1 heterocycles. The number of carbonyl (C=O) groups is 1. The van der Waals surface area contributed by atoms with Crippen molar-refractivity contribution in [2.24, 2.45) is 0 Å². The second-order valence-electron chi connectivity index (χ2n) is 5.44. The predicted molar refractivity (Wildman–Crippen MR) is 73.0 cm³/mol. The van der Waals surface area contributed by atoms with Crippen molar-refractivity contribution in [2.75, 3.05) is 26.2 Å². The van der Waals surface area contributed by atoms with E-state index in [-0.39, 0.29) is 5.91 Å². The van der Waals surface area contributed by atoms with E-state index in [2.05, 4.69) is 11.0 Å². The van der Waals surface area contributed by atoms with Crippen molar-refractivity contribution in [1.82, 2.24) is 9.80 Å². The molecule has 19 heavy (non-hydrogen) atoms. The Hall–Kier alpha value is -1.55. The molecule has 1 aliphatic heterocycles. The Bertz CT molecular complexity index is 493. The minimum absolute atomic E-state index is 0.170. The van der Waals surface area contributed by atoms with Gasteiger partial charge >= 0.3 is 0 Å². The number of hydrogen-bond donors (Lipinski definition) is 1. The highest BCUT2D eigenvalue weighted by molar-refractivity contribution is 5.73. The number of carbonyl (C=O) groups excluding carboxylic acids is 1. The third-order valence-electron chi connectivity index (χ3n) is 4.41. The molecule has 0 bridgehead atoms. The maximum Gasteiger partial charge on any atom is 0.219 e. The molecule has 1 saturated heterocycles. The number of nitrogens with zero attached hydrogens (tertiary/aromatic N) is 2. The molecular weight excluding hydrogens is 240 g/mol. The molecule has 1 aliphatic carbocycles. The van der Waals surface area contributed by atoms with Crippen molar-refractivity contribution < 1.29 is 9.90 Å². The number of rotatable bonds is 1. The van der Waals surface area contributed by atoms with E-state index in [0.717, 1.165) is 44.6 Å². The summed E-state index contributed by atoms with van der Waals surface area (Å²) in [5, 5.41) is 9.89. The molecule has 1 amide bonds. The molecule has 1 aromatic carbocycles. The zero-order valence-corrected chi connectivity index (χ0v) is 11.3. The summed E-state index contributed by atoms with van der Waals surface area (Å²) < 4.78 is 0. The van der Waals surface area contributed by atoms with Gasteiger partial charge in [0.05, 0.1) is 0 Å². The van der Waals surface area contributed by atoms with Crippen molar-refractivity contribution in [3.8, 4) is 5.75 Å². The first-order valence-corrected chi connectivity index (χ1v) is 6.97. The molecule has 4 nitrogen and oxygen atoms in total. The van der Waals surface area contributed by atoms with Gasteiger partial charge in [-0.3, -0.25) is 9.69 Å². The summed E-state index contributed by atoms with van der Waals surface area (Å²) in [4.78, 5) is 15.7. The van der Waals surface area contributed by atoms with Crippen LogP contribution in [0.4, 0.5) is 0 Å². The normalized spacial score (nSPS) is 23.4. The zero-order chi connectivity index (χ0) is 13.4. The summed E-state index contributed by atoms with van der Waals surface area (Å²) in [5.74, 6) is 0.603. The molecular formula is C15H20N2O2. The Morgan fingerprint density at radius 3 is 2.68 bits per heavy atom. The van der Waals surface area contributed by atoms with E-state index in [1.165, 1.54) is 5.56 Å². The molecule has 102 valence electrons. The number of amides is 1. The van der Waals surface area contributed by atoms with Gasteiger partial charge in [0.25, 0.3) is 0 Å². The van der Waals surface area contributed by atoms with E-state index < -0.39 is 0 Å². The van der Waals surface area contributed by atoms with Crippen LogP contribution in [0, 0.1) is 0 Å². The SMILES string of the molecule is CC(=O)N1CCN(C2CCc3c(O)cccc32)CC1. The average Bonchev–Trinajstić information content (AvgIpc) is 2.84. The molecule has 1 fully saturated rings. The van der Waals surface area contributed by atoms with Crippen LogP contribution in [0.3, 0.4) is 0 Å². The first-order chi connectivity index (χ1) is 9.16. The van der Waals surface area contributed by atoms with E-state index in [4.69, 9.17) is 0 Å². The van der Waals surface area contributed by atoms with Crippen LogP contribution in [0.25, 0.3) is 0 Å². The highest BCUT2D eigenvalue weighted by Gasteiger charge is 2.31. The fourth-order valence-corrected chi connectivity index (χ4v) is 3.34. The van der Waals surface area contributed by atoms with Crippen LogP contribution in [-0.2, 0) is 11.2 Å². The monoisotopic (exact) mass is 260 g/mol. The lowest BCUT2D eigenvalue weighted by Gasteiger charge is -2.38. The van der Waals surface area contributed by atoms with Crippen LogP contribution in [0.2, 0.25) is 0 Å². The quantitative estimate of drug-likeness (QED) is 0.833. The van der Waals surface area contributed by atoms with Crippen LogP contribution >= 0.6 is 0 Å². The Labute approximate surface area is 113 Å². The zero-order valence-electron chi connectivity index (χ0n) is 11.3. The lowest BCUT2D eigenvalue weighted by molar-refractivity contribution is -0.130. The summed E-state index contributed by atoms with van der Waals surface area (Å²) in [7, 11) is 0. The summed E-state index contributed by atoms with van der Waals surface area (Å²) in [6.45, 7) is 5.14. The summed E-state index contributed by atoms with van der Waals surface area (Å²) in [5.41, 5.74) is 2.39. The fraction of sp³-hybridized carbons (Fsp3) is 0.533. The van der Waals surface area contributed by atoms with Crippen LogP contribution in [0.15, 0.2) is 18.2 Å². The molecule has 0 spiro atoms. The van der Waals surface area contributed by atoms with Crippen LogP contribution in [-0.4, -0.2) is 47.0 Å². The largest absolute Gasteiger partial charge is 0.508 e. The third kappa shape index (κ3) is 2.21. The molecule has 3 rings (SSSR count). The van der Waals surface area contributed by atoms with Gasteiger partial charge in [0.1, 0.15) is 5.75 Å². The highest BCUT2D eigenvalue weighted by Crippen LogP contribution is 2.39. The third-order valence-corrected chi connectivity index (χ3v) is 4.41. The first-order valence-electron chi connectivity index (χ1n) is 6.97. The number of phenolic OH excluding ortho intramolecular Hbond substituents is 1. The molecule has 1 unspecified atom stereocenters. The molecule has 0 saturated carbocycles. The maximum atomic E-state index is 11.3. The van der Waals surface area contributed by atoms with E-state index in [1.54, 1.807) is 13.0 Å². The van der Waals surface area contributed by atoms with Gasteiger partial charge in [-0.2, -0.15) is 0 Å². The topological polar surface area (TPSA) is 43.8 Å². The van der Waals surface area contributed by atoms with Gasteiger partial charge in [0, 0.05) is 39.1 Å². The van der Waals surface area contributed by atoms with Gasteiger partial charge in [-0.1, -0.05) is 12.1 Å². The lowest BCUT2D eigenvalue weighted by atomic mass is 10.1. The number of fused-ring (bicyclic) bond motifs is 1. The molecule has 0 radical (unpaired) electrons. The Balaban J connectivity index is 1.73. The molecule has 1 aromatic rings. The van der Waals surface area contributed by atoms with Gasteiger partial charge in [-0.05, 0) is 30.0 Å². The van der Waals surface area contributed by atoms with E-state index in [0.29, 0.717) is 11.8 Å². The van der Waals surface area contributed by atoms with Gasteiger partial charge in [-0.15, -0.1) is 0 Å². The minimum atomic E-state index is 0.170. The second-order valence-corrected chi connectivity index (χ2v) is 5.44. The Morgan fingerprint density at radius 2 is 2.00 bits per heavy atom. The highest BCUT2D eigenvalue weighted by atomic mass is 16.3. The summed E-state index contributed by atoms with van der Waals surface area (Å²) in [6.07, 6.45) is 2.03. The van der Waals surface area contributed by atoms with E-state index in [9.17, 15) is 9.90 Å². The van der Waals surface area contributed by atoms with Crippen molar-refractivity contribution >= 4 is 5.91 Å². The second kappa shape index (κ2) is 4.85. The van der Waals surface area contributed by atoms with Crippen LogP contribution < -0.4 is 0 Å². The molecule has 1 N–H and O–H groups in total. The molecule has 4 heteroatoms. The van der Waals surface area contributed by atoms with Gasteiger partial charge in [0.15, 0.2) is 0 Å². The van der Waals surface area contributed by atoms with Crippen molar-refractivity contribution in [1.29, 1.82) is 0 Å². The number of piperazine rings is 1. The standard InChI is InChI=1S/C15H20N2O2/c1-11(18)16-7-9-17(10-8-16)14-6-5-13-12(14)3-2-4-15(13)19/h2-4,14,19H,5-10H2,1H3. The number of hydrogen-bond acceptors (Lipinski definition) is 3. The first kappa shape index (κ1) is 12.5. The van der Waals surface area contributed by atoms with Gasteiger partial charge in [0.2, 0.25) is 5.91 Å². The fourth-order valence-electron chi connectivity index (χ4n) is 3.34. The van der Waals surface area contributed by atoms with Gasteiger partial charge in [-0.25, -0.2) is 0 Å². The number of aromatic hydroxyl groups is 1. The Kier molecular flexibility index (Phi) is 3.19. The van der Waals surface area contributed by atoms with Crippen LogP contribution in [0.1, 0.15) is 30.5 Å². The maximum absolute atomic E-state index is 11.3. The van der Waals surface area contributed by atoms with Crippen molar-refractivity contribution in [3.63, 3.8) is 0 Å². The number of phenols is 1. The summed E-state index contributed by atoms with van der Waals surface area (Å²) in [6, 6.07) is 6.24. The summed E-state index contributed by atoms with van der Waals surface area (Å²) >= 11 is 0. The smallest absolute Gasteiger partial charge is 0.219 e. The predicted octanol–water partition coefficient (Wildman–Crippen LogP) is 1.54. The van der Waals surface area contributed by atoms with Crippen molar-refractivity contribution in [2.45, 2.75) is 25.8 Å². The van der Waals surface area contributed by atoms with E-state index in [1.807, 2.05) is 11.0 Å². The molecule has 0 aromatic heterocycles. The van der Waals surface area contributed by atoms with Gasteiger partial charge < -0.3 is 10.0 Å². The minimum Gasteiger partial charge on any atom is -0.508 e. The number of benzene rings is 1. The van der Waals surface area contributed by atoms with E-state index >= 15 is 0 Å². The molecule has 1 atom stereocenters. The molecule has 2 aliphatic rings. The van der Waals surface area contributed by atoms with Crippen LogP contribution in [0.5, 0.6) is 5.75 Å². The van der Waals surface area contributed by atoms with Crippen molar-refractivity contribution in [3.05, 3.63) is 29.3 Å². The lowest BCUT2D eigenvalue weighted by Crippen LogP contribution is -2.48.